The first kappa shape index (κ1) is 13.4. The number of hydrogen-bond acceptors (Lipinski definition) is 2. The van der Waals surface area contributed by atoms with E-state index in [1.54, 1.807) is 12.1 Å². The van der Waals surface area contributed by atoms with Crippen LogP contribution in [-0.2, 0) is 13.0 Å². The van der Waals surface area contributed by atoms with E-state index >= 15 is 0 Å². The molecule has 0 bridgehead atoms. The van der Waals surface area contributed by atoms with Crippen LogP contribution in [0.5, 0.6) is 0 Å². The maximum Gasteiger partial charge on any atom is 0.257 e. The normalized spacial score (nSPS) is 13.4. The standard InChI is InChI=1S/C17H17N3O/c18-17(19-16(21)14-7-2-1-3-8-14)20-11-10-13-6-4-5-9-15(13)12-20/h1-9H,10-12H2,(H2,18,19,21). The van der Waals surface area contributed by atoms with Crippen LogP contribution in [0.3, 0.4) is 0 Å². The number of carbonyl (C=O) groups is 1. The molecule has 0 radical (unpaired) electrons. The van der Waals surface area contributed by atoms with Crippen LogP contribution in [0.4, 0.5) is 0 Å². The molecule has 4 nitrogen and oxygen atoms in total. The fourth-order valence-electron chi connectivity index (χ4n) is 2.53. The monoisotopic (exact) mass is 279 g/mol. The lowest BCUT2D eigenvalue weighted by molar-refractivity contribution is 0.0971. The highest BCUT2D eigenvalue weighted by Gasteiger charge is 2.19. The minimum Gasteiger partial charge on any atom is -0.338 e. The van der Waals surface area contributed by atoms with Crippen LogP contribution in [0.1, 0.15) is 21.5 Å². The summed E-state index contributed by atoms with van der Waals surface area (Å²) in [6.07, 6.45) is 0.903. The molecule has 1 aliphatic heterocycles. The molecule has 2 N–H and O–H groups in total. The minimum absolute atomic E-state index is 0.165. The van der Waals surface area contributed by atoms with Gasteiger partial charge >= 0.3 is 0 Å². The van der Waals surface area contributed by atoms with Gasteiger partial charge in [0.05, 0.1) is 0 Å². The molecule has 2 aromatic carbocycles. The van der Waals surface area contributed by atoms with E-state index in [2.05, 4.69) is 17.4 Å². The fraction of sp³-hybridized carbons (Fsp3) is 0.176. The molecular weight excluding hydrogens is 262 g/mol. The van der Waals surface area contributed by atoms with Gasteiger partial charge in [-0.05, 0) is 29.7 Å². The van der Waals surface area contributed by atoms with E-state index in [0.29, 0.717) is 12.1 Å². The van der Waals surface area contributed by atoms with Gasteiger partial charge < -0.3 is 4.90 Å². The molecule has 0 spiro atoms. The summed E-state index contributed by atoms with van der Waals surface area (Å²) in [6.45, 7) is 1.43. The summed E-state index contributed by atoms with van der Waals surface area (Å²) in [7, 11) is 0. The summed E-state index contributed by atoms with van der Waals surface area (Å²) in [6, 6.07) is 17.2. The van der Waals surface area contributed by atoms with Gasteiger partial charge in [-0.3, -0.25) is 15.5 Å². The van der Waals surface area contributed by atoms with Gasteiger partial charge in [-0.2, -0.15) is 0 Å². The van der Waals surface area contributed by atoms with Crippen molar-refractivity contribution in [2.45, 2.75) is 13.0 Å². The number of benzene rings is 2. The second-order valence-electron chi connectivity index (χ2n) is 5.11. The quantitative estimate of drug-likeness (QED) is 0.622. The van der Waals surface area contributed by atoms with Crippen molar-refractivity contribution in [2.24, 2.45) is 0 Å². The van der Waals surface area contributed by atoms with E-state index in [9.17, 15) is 4.79 Å². The third-order valence-corrected chi connectivity index (χ3v) is 3.71. The maximum atomic E-state index is 12.1. The van der Waals surface area contributed by atoms with Crippen LogP contribution < -0.4 is 5.32 Å². The summed E-state index contributed by atoms with van der Waals surface area (Å²) < 4.78 is 0. The van der Waals surface area contributed by atoms with E-state index in [4.69, 9.17) is 5.41 Å². The van der Waals surface area contributed by atoms with Crippen LogP contribution in [0.25, 0.3) is 0 Å². The molecule has 0 atom stereocenters. The Morgan fingerprint density at radius 1 is 1.00 bits per heavy atom. The third kappa shape index (κ3) is 2.94. The molecule has 1 amide bonds. The maximum absolute atomic E-state index is 12.1. The van der Waals surface area contributed by atoms with Crippen LogP contribution in [0, 0.1) is 5.41 Å². The van der Waals surface area contributed by atoms with Gasteiger partial charge in [-0.25, -0.2) is 0 Å². The zero-order valence-electron chi connectivity index (χ0n) is 11.7. The second kappa shape index (κ2) is 5.79. The van der Waals surface area contributed by atoms with Gasteiger partial charge in [0.1, 0.15) is 0 Å². The average molecular weight is 279 g/mol. The molecule has 3 rings (SSSR count). The molecule has 0 saturated heterocycles. The molecule has 0 fully saturated rings. The molecule has 21 heavy (non-hydrogen) atoms. The molecule has 106 valence electrons. The molecular formula is C17H17N3O. The Hall–Kier alpha value is -2.62. The summed E-state index contributed by atoms with van der Waals surface area (Å²) >= 11 is 0. The fourth-order valence-corrected chi connectivity index (χ4v) is 2.53. The number of amides is 1. The van der Waals surface area contributed by atoms with Gasteiger partial charge in [0, 0.05) is 18.7 Å². The summed E-state index contributed by atoms with van der Waals surface area (Å²) in [5.74, 6) is -0.0715. The highest BCUT2D eigenvalue weighted by Crippen LogP contribution is 2.18. The SMILES string of the molecule is N=C(NC(=O)c1ccccc1)N1CCc2ccccc2C1. The molecule has 0 aromatic heterocycles. The molecule has 1 aliphatic rings. The Labute approximate surface area is 123 Å². The van der Waals surface area contributed by atoms with Crippen molar-refractivity contribution in [2.75, 3.05) is 6.54 Å². The lowest BCUT2D eigenvalue weighted by Gasteiger charge is -2.30. The predicted octanol–water partition coefficient (Wildman–Crippen LogP) is 2.41. The Balaban J connectivity index is 1.66. The zero-order valence-corrected chi connectivity index (χ0v) is 11.7. The second-order valence-corrected chi connectivity index (χ2v) is 5.11. The van der Waals surface area contributed by atoms with Gasteiger partial charge in [-0.15, -0.1) is 0 Å². The Morgan fingerprint density at radius 3 is 2.43 bits per heavy atom. The zero-order chi connectivity index (χ0) is 14.7. The molecule has 1 heterocycles. The van der Waals surface area contributed by atoms with Crippen LogP contribution >= 0.6 is 0 Å². The Kier molecular flexibility index (Phi) is 3.69. The number of nitrogens with zero attached hydrogens (tertiary/aromatic N) is 1. The van der Waals surface area contributed by atoms with E-state index < -0.39 is 0 Å². The van der Waals surface area contributed by atoms with Crippen LogP contribution in [0.2, 0.25) is 0 Å². The van der Waals surface area contributed by atoms with Crippen molar-refractivity contribution in [3.63, 3.8) is 0 Å². The van der Waals surface area contributed by atoms with E-state index in [1.807, 2.05) is 35.2 Å². The minimum atomic E-state index is -0.237. The first-order valence-corrected chi connectivity index (χ1v) is 7.01. The van der Waals surface area contributed by atoms with Gasteiger partial charge in [-0.1, -0.05) is 42.5 Å². The third-order valence-electron chi connectivity index (χ3n) is 3.71. The topological polar surface area (TPSA) is 56.2 Å². The number of rotatable bonds is 1. The predicted molar refractivity (Wildman–Crippen MR) is 82.2 cm³/mol. The summed E-state index contributed by atoms with van der Waals surface area (Å²) in [5, 5.41) is 10.8. The van der Waals surface area contributed by atoms with Gasteiger partial charge in [0.15, 0.2) is 5.96 Å². The molecule has 4 heteroatoms. The Bertz CT molecular complexity index is 667. The Morgan fingerprint density at radius 2 is 1.67 bits per heavy atom. The van der Waals surface area contributed by atoms with Crippen molar-refractivity contribution in [3.8, 4) is 0 Å². The highest BCUT2D eigenvalue weighted by atomic mass is 16.1. The van der Waals surface area contributed by atoms with Crippen molar-refractivity contribution in [1.82, 2.24) is 10.2 Å². The number of nitrogens with one attached hydrogen (secondary N) is 2. The van der Waals surface area contributed by atoms with E-state index in [1.165, 1.54) is 11.1 Å². The number of fused-ring (bicyclic) bond motifs is 1. The number of guanidine groups is 1. The van der Waals surface area contributed by atoms with E-state index in [0.717, 1.165) is 13.0 Å². The van der Waals surface area contributed by atoms with Crippen LogP contribution in [0.15, 0.2) is 54.6 Å². The molecule has 0 aliphatic carbocycles. The summed E-state index contributed by atoms with van der Waals surface area (Å²) in [4.78, 5) is 14.0. The lowest BCUT2D eigenvalue weighted by atomic mass is 10.0. The van der Waals surface area contributed by atoms with Gasteiger partial charge in [0.25, 0.3) is 5.91 Å². The highest BCUT2D eigenvalue weighted by molar-refractivity contribution is 6.04. The first-order valence-electron chi connectivity index (χ1n) is 7.01. The van der Waals surface area contributed by atoms with E-state index in [-0.39, 0.29) is 11.9 Å². The molecule has 2 aromatic rings. The lowest BCUT2D eigenvalue weighted by Crippen LogP contribution is -2.45. The largest absolute Gasteiger partial charge is 0.338 e. The molecule has 0 unspecified atom stereocenters. The van der Waals surface area contributed by atoms with Crippen LogP contribution in [-0.4, -0.2) is 23.3 Å². The average Bonchev–Trinajstić information content (AvgIpc) is 2.55. The van der Waals surface area contributed by atoms with Crippen molar-refractivity contribution in [1.29, 1.82) is 5.41 Å². The number of hydrogen-bond donors (Lipinski definition) is 2. The smallest absolute Gasteiger partial charge is 0.257 e. The van der Waals surface area contributed by atoms with Crippen molar-refractivity contribution < 1.29 is 4.79 Å². The molecule has 0 saturated carbocycles. The van der Waals surface area contributed by atoms with Crippen molar-refractivity contribution >= 4 is 11.9 Å². The van der Waals surface area contributed by atoms with Crippen molar-refractivity contribution in [3.05, 3.63) is 71.3 Å². The summed E-state index contributed by atoms with van der Waals surface area (Å²) in [5.41, 5.74) is 3.12. The first-order chi connectivity index (χ1) is 10.2. The van der Waals surface area contributed by atoms with Gasteiger partial charge in [0.2, 0.25) is 0 Å². The number of carbonyl (C=O) groups excluding carboxylic acids is 1.